The molecule has 1 aromatic carbocycles. The van der Waals surface area contributed by atoms with Crippen molar-refractivity contribution < 1.29 is 19.1 Å². The molecule has 0 radical (unpaired) electrons. The van der Waals surface area contributed by atoms with Gasteiger partial charge in [0.25, 0.3) is 0 Å². The predicted octanol–water partition coefficient (Wildman–Crippen LogP) is 1.15. The van der Waals surface area contributed by atoms with Crippen molar-refractivity contribution in [1.82, 2.24) is 10.2 Å². The number of hydrogen-bond donors (Lipinski definition) is 2. The summed E-state index contributed by atoms with van der Waals surface area (Å²) in [4.78, 5) is 38.3. The fourth-order valence-electron chi connectivity index (χ4n) is 3.38. The summed E-state index contributed by atoms with van der Waals surface area (Å²) in [5.74, 6) is 0.268. The standard InChI is InChI=1S/C18H23N3O4/c1-25-14-7-5-13(6-8-14)20-17(23)15-3-2-10-21(15)18(24)12-4-9-16(22)19-11-12/h5-8,12,15H,2-4,9-11H2,1H3,(H,19,22)(H,20,23)/t12-,15+/m0/s1. The van der Waals surface area contributed by atoms with E-state index in [4.69, 9.17) is 4.74 Å². The minimum atomic E-state index is -0.452. The van der Waals surface area contributed by atoms with Gasteiger partial charge in [0.2, 0.25) is 17.7 Å². The molecule has 0 spiro atoms. The lowest BCUT2D eigenvalue weighted by atomic mass is 9.97. The molecule has 7 heteroatoms. The third-order valence-electron chi connectivity index (χ3n) is 4.81. The smallest absolute Gasteiger partial charge is 0.247 e. The van der Waals surface area contributed by atoms with Gasteiger partial charge in [0.05, 0.1) is 13.0 Å². The van der Waals surface area contributed by atoms with Crippen LogP contribution in [0.25, 0.3) is 0 Å². The number of piperidine rings is 1. The summed E-state index contributed by atoms with van der Waals surface area (Å²) < 4.78 is 5.10. The summed E-state index contributed by atoms with van der Waals surface area (Å²) in [5, 5.41) is 5.60. The van der Waals surface area contributed by atoms with E-state index < -0.39 is 6.04 Å². The molecule has 2 atom stereocenters. The summed E-state index contributed by atoms with van der Waals surface area (Å²) in [7, 11) is 1.59. The number of nitrogens with zero attached hydrogens (tertiary/aromatic N) is 1. The molecule has 2 aliphatic rings. The Kier molecular flexibility index (Phi) is 5.21. The maximum atomic E-state index is 12.7. The molecule has 2 heterocycles. The number of likely N-dealkylation sites (tertiary alicyclic amines) is 1. The van der Waals surface area contributed by atoms with E-state index in [1.807, 2.05) is 0 Å². The second kappa shape index (κ2) is 7.55. The Labute approximate surface area is 146 Å². The van der Waals surface area contributed by atoms with E-state index in [0.29, 0.717) is 38.0 Å². The first-order valence-corrected chi connectivity index (χ1v) is 8.60. The third kappa shape index (κ3) is 3.92. The van der Waals surface area contributed by atoms with Crippen LogP contribution in [0.15, 0.2) is 24.3 Å². The Morgan fingerprint density at radius 2 is 2.00 bits per heavy atom. The van der Waals surface area contributed by atoms with Gasteiger partial charge in [0.1, 0.15) is 11.8 Å². The highest BCUT2D eigenvalue weighted by molar-refractivity contribution is 5.98. The van der Waals surface area contributed by atoms with E-state index in [2.05, 4.69) is 10.6 Å². The number of benzene rings is 1. The molecule has 0 bridgehead atoms. The van der Waals surface area contributed by atoms with Crippen molar-refractivity contribution in [2.75, 3.05) is 25.5 Å². The van der Waals surface area contributed by atoms with E-state index in [0.717, 1.165) is 12.2 Å². The lowest BCUT2D eigenvalue weighted by Crippen LogP contribution is -2.49. The fraction of sp³-hybridized carbons (Fsp3) is 0.500. The Morgan fingerprint density at radius 1 is 1.24 bits per heavy atom. The average molecular weight is 345 g/mol. The van der Waals surface area contributed by atoms with Crippen molar-refractivity contribution in [3.63, 3.8) is 0 Å². The Hall–Kier alpha value is -2.57. The molecule has 1 aromatic rings. The molecular weight excluding hydrogens is 322 g/mol. The summed E-state index contributed by atoms with van der Waals surface area (Å²) in [5.41, 5.74) is 0.676. The van der Waals surface area contributed by atoms with Crippen LogP contribution in [0.3, 0.4) is 0 Å². The highest BCUT2D eigenvalue weighted by atomic mass is 16.5. The predicted molar refractivity (Wildman–Crippen MR) is 92.1 cm³/mol. The van der Waals surface area contributed by atoms with Crippen molar-refractivity contribution in [1.29, 1.82) is 0 Å². The molecule has 7 nitrogen and oxygen atoms in total. The molecule has 2 fully saturated rings. The molecule has 0 aromatic heterocycles. The van der Waals surface area contributed by atoms with Crippen molar-refractivity contribution >= 4 is 23.4 Å². The number of methoxy groups -OCH3 is 1. The maximum Gasteiger partial charge on any atom is 0.247 e. The number of anilines is 1. The van der Waals surface area contributed by atoms with Crippen molar-refractivity contribution in [2.24, 2.45) is 5.92 Å². The van der Waals surface area contributed by atoms with Crippen LogP contribution in [-0.2, 0) is 14.4 Å². The van der Waals surface area contributed by atoms with Gasteiger partial charge in [-0.2, -0.15) is 0 Å². The zero-order chi connectivity index (χ0) is 17.8. The van der Waals surface area contributed by atoms with Crippen LogP contribution in [-0.4, -0.2) is 48.9 Å². The van der Waals surface area contributed by atoms with Gasteiger partial charge in [-0.1, -0.05) is 0 Å². The van der Waals surface area contributed by atoms with E-state index in [1.165, 1.54) is 0 Å². The highest BCUT2D eigenvalue weighted by Gasteiger charge is 2.38. The molecule has 2 saturated heterocycles. The summed E-state index contributed by atoms with van der Waals surface area (Å²) in [6, 6.07) is 6.64. The SMILES string of the molecule is COc1ccc(NC(=O)[C@H]2CCCN2C(=O)[C@H]2CCC(=O)NC2)cc1. The van der Waals surface area contributed by atoms with Gasteiger partial charge in [-0.15, -0.1) is 0 Å². The molecule has 2 aliphatic heterocycles. The molecule has 0 aliphatic carbocycles. The molecular formula is C18H23N3O4. The Morgan fingerprint density at radius 3 is 2.64 bits per heavy atom. The zero-order valence-electron chi connectivity index (χ0n) is 14.3. The molecule has 0 saturated carbocycles. The van der Waals surface area contributed by atoms with Crippen LogP contribution in [0.4, 0.5) is 5.69 Å². The number of rotatable bonds is 4. The first-order chi connectivity index (χ1) is 12.1. The van der Waals surface area contributed by atoms with Gasteiger partial charge < -0.3 is 20.3 Å². The molecule has 25 heavy (non-hydrogen) atoms. The Balaban J connectivity index is 1.62. The fourth-order valence-corrected chi connectivity index (χ4v) is 3.38. The minimum Gasteiger partial charge on any atom is -0.497 e. The maximum absolute atomic E-state index is 12.7. The van der Waals surface area contributed by atoms with E-state index in [1.54, 1.807) is 36.3 Å². The van der Waals surface area contributed by atoms with Crippen LogP contribution in [0.1, 0.15) is 25.7 Å². The van der Waals surface area contributed by atoms with Gasteiger partial charge in [0, 0.05) is 25.2 Å². The first-order valence-electron chi connectivity index (χ1n) is 8.60. The lowest BCUT2D eigenvalue weighted by molar-refractivity contribution is -0.141. The van der Waals surface area contributed by atoms with Crippen molar-refractivity contribution in [2.45, 2.75) is 31.7 Å². The van der Waals surface area contributed by atoms with Gasteiger partial charge in [-0.05, 0) is 43.5 Å². The molecule has 0 unspecified atom stereocenters. The van der Waals surface area contributed by atoms with Gasteiger partial charge >= 0.3 is 0 Å². The number of carbonyl (C=O) groups is 3. The molecule has 134 valence electrons. The van der Waals surface area contributed by atoms with Gasteiger partial charge in [0.15, 0.2) is 0 Å². The monoisotopic (exact) mass is 345 g/mol. The second-order valence-corrected chi connectivity index (χ2v) is 6.45. The molecule has 3 rings (SSSR count). The summed E-state index contributed by atoms with van der Waals surface area (Å²) in [6.45, 7) is 0.949. The number of hydrogen-bond acceptors (Lipinski definition) is 4. The van der Waals surface area contributed by atoms with E-state index in [9.17, 15) is 14.4 Å². The first kappa shape index (κ1) is 17.3. The van der Waals surface area contributed by atoms with Crippen LogP contribution >= 0.6 is 0 Å². The molecule has 3 amide bonds. The van der Waals surface area contributed by atoms with Gasteiger partial charge in [-0.3, -0.25) is 14.4 Å². The van der Waals surface area contributed by atoms with Gasteiger partial charge in [-0.25, -0.2) is 0 Å². The van der Waals surface area contributed by atoms with Crippen LogP contribution in [0.5, 0.6) is 5.75 Å². The van der Waals surface area contributed by atoms with Crippen molar-refractivity contribution in [3.8, 4) is 5.75 Å². The molecule has 2 N–H and O–H groups in total. The lowest BCUT2D eigenvalue weighted by Gasteiger charge is -2.30. The zero-order valence-corrected chi connectivity index (χ0v) is 14.3. The quantitative estimate of drug-likeness (QED) is 0.857. The Bertz CT molecular complexity index is 649. The highest BCUT2D eigenvalue weighted by Crippen LogP contribution is 2.24. The van der Waals surface area contributed by atoms with Crippen LogP contribution in [0.2, 0.25) is 0 Å². The van der Waals surface area contributed by atoms with E-state index >= 15 is 0 Å². The summed E-state index contributed by atoms with van der Waals surface area (Å²) in [6.07, 6.45) is 2.39. The number of ether oxygens (including phenoxy) is 1. The summed E-state index contributed by atoms with van der Waals surface area (Å²) >= 11 is 0. The largest absolute Gasteiger partial charge is 0.497 e. The van der Waals surface area contributed by atoms with Crippen LogP contribution < -0.4 is 15.4 Å². The van der Waals surface area contributed by atoms with Crippen LogP contribution in [0, 0.1) is 5.92 Å². The second-order valence-electron chi connectivity index (χ2n) is 6.45. The number of nitrogens with one attached hydrogen (secondary N) is 2. The topological polar surface area (TPSA) is 87.7 Å². The van der Waals surface area contributed by atoms with E-state index in [-0.39, 0.29) is 23.6 Å². The average Bonchev–Trinajstić information content (AvgIpc) is 3.12. The number of amides is 3. The number of carbonyl (C=O) groups excluding carboxylic acids is 3. The van der Waals surface area contributed by atoms with Crippen molar-refractivity contribution in [3.05, 3.63) is 24.3 Å². The third-order valence-corrected chi connectivity index (χ3v) is 4.81. The normalized spacial score (nSPS) is 23.1. The minimum absolute atomic E-state index is 0.0146.